The summed E-state index contributed by atoms with van der Waals surface area (Å²) in [6.07, 6.45) is -0.122. The summed E-state index contributed by atoms with van der Waals surface area (Å²) in [6, 6.07) is 21.0. The summed E-state index contributed by atoms with van der Waals surface area (Å²) in [5.41, 5.74) is 1.47. The van der Waals surface area contributed by atoms with E-state index in [1.165, 1.54) is 30.3 Å². The third-order valence-corrected chi connectivity index (χ3v) is 7.11. The van der Waals surface area contributed by atoms with Crippen LogP contribution in [0, 0.1) is 0 Å². The van der Waals surface area contributed by atoms with Crippen LogP contribution in [0.3, 0.4) is 0 Å². The lowest BCUT2D eigenvalue weighted by atomic mass is 10.1. The zero-order chi connectivity index (χ0) is 24.6. The van der Waals surface area contributed by atoms with E-state index in [-0.39, 0.29) is 22.9 Å². The number of primary sulfonamides is 1. The molecule has 0 aliphatic rings. The minimum absolute atomic E-state index is 0.0165. The van der Waals surface area contributed by atoms with Crippen LogP contribution < -0.4 is 19.9 Å². The Morgan fingerprint density at radius 2 is 1.56 bits per heavy atom. The van der Waals surface area contributed by atoms with Crippen LogP contribution in [0.15, 0.2) is 88.7 Å². The van der Waals surface area contributed by atoms with Crippen molar-refractivity contribution in [2.24, 2.45) is 5.14 Å². The van der Waals surface area contributed by atoms with Crippen LogP contribution in [-0.4, -0.2) is 47.7 Å². The van der Waals surface area contributed by atoms with E-state index in [2.05, 4.69) is 10.0 Å². The molecule has 0 saturated heterocycles. The molecule has 3 aromatic carbocycles. The summed E-state index contributed by atoms with van der Waals surface area (Å²) in [5, 5.41) is 18.3. The summed E-state index contributed by atoms with van der Waals surface area (Å²) in [7, 11) is -7.45. The molecular formula is C23H27N3O6S2. The molecule has 5 N–H and O–H groups in total. The Labute approximate surface area is 199 Å². The lowest BCUT2D eigenvalue weighted by Gasteiger charge is -2.14. The number of benzene rings is 3. The Kier molecular flexibility index (Phi) is 8.64. The standard InChI is InChI=1S/C23H27N3O6S2/c24-33(28,29)23-8-4-5-21(15-23)32-17-20(27)16-25-14-13-18-9-11-19(12-10-18)26-34(30,31)22-6-2-1-3-7-22/h1-12,15,20,25-27H,13-14,16-17H2,(H2,24,28,29). The van der Waals surface area contributed by atoms with Gasteiger partial charge in [0.25, 0.3) is 10.0 Å². The quantitative estimate of drug-likeness (QED) is 0.274. The van der Waals surface area contributed by atoms with E-state index in [9.17, 15) is 21.9 Å². The molecule has 0 bridgehead atoms. The van der Waals surface area contributed by atoms with E-state index in [0.29, 0.717) is 24.4 Å². The summed E-state index contributed by atoms with van der Waals surface area (Å²) in [5.74, 6) is 0.300. The van der Waals surface area contributed by atoms with E-state index >= 15 is 0 Å². The number of aliphatic hydroxyl groups excluding tert-OH is 1. The second kappa shape index (κ2) is 11.4. The summed E-state index contributed by atoms with van der Waals surface area (Å²) in [4.78, 5) is 0.138. The fraction of sp³-hybridized carbons (Fsp3) is 0.217. The van der Waals surface area contributed by atoms with Gasteiger partial charge in [-0.3, -0.25) is 4.72 Å². The number of rotatable bonds is 12. The largest absolute Gasteiger partial charge is 0.491 e. The Bertz CT molecular complexity index is 1280. The molecule has 9 nitrogen and oxygen atoms in total. The average molecular weight is 506 g/mol. The lowest BCUT2D eigenvalue weighted by Crippen LogP contribution is -2.32. The van der Waals surface area contributed by atoms with E-state index in [0.717, 1.165) is 5.56 Å². The summed E-state index contributed by atoms with van der Waals surface area (Å²) < 4.78 is 55.5. The number of nitrogens with one attached hydrogen (secondary N) is 2. The Hall–Kier alpha value is -2.96. The third-order valence-electron chi connectivity index (χ3n) is 4.81. The lowest BCUT2D eigenvalue weighted by molar-refractivity contribution is 0.106. The molecule has 11 heteroatoms. The van der Waals surface area contributed by atoms with Gasteiger partial charge in [-0.2, -0.15) is 0 Å². The highest BCUT2D eigenvalue weighted by molar-refractivity contribution is 7.92. The van der Waals surface area contributed by atoms with Crippen molar-refractivity contribution in [3.63, 3.8) is 0 Å². The maximum absolute atomic E-state index is 12.4. The van der Waals surface area contributed by atoms with Crippen molar-refractivity contribution in [3.8, 4) is 5.75 Å². The SMILES string of the molecule is NS(=O)(=O)c1cccc(OCC(O)CNCCc2ccc(NS(=O)(=O)c3ccccc3)cc2)c1. The second-order valence-corrected chi connectivity index (χ2v) is 10.8. The van der Waals surface area contributed by atoms with E-state index in [1.807, 2.05) is 12.1 Å². The van der Waals surface area contributed by atoms with Gasteiger partial charge in [0.2, 0.25) is 10.0 Å². The maximum Gasteiger partial charge on any atom is 0.261 e. The molecule has 1 atom stereocenters. The van der Waals surface area contributed by atoms with Gasteiger partial charge in [0.15, 0.2) is 0 Å². The van der Waals surface area contributed by atoms with Crippen LogP contribution in [0.2, 0.25) is 0 Å². The van der Waals surface area contributed by atoms with Crippen molar-refractivity contribution in [2.45, 2.75) is 22.3 Å². The van der Waals surface area contributed by atoms with Crippen molar-refractivity contribution < 1.29 is 26.7 Å². The predicted molar refractivity (Wildman–Crippen MR) is 130 cm³/mol. The third kappa shape index (κ3) is 7.82. The molecule has 0 aliphatic carbocycles. The Morgan fingerprint density at radius 1 is 0.882 bits per heavy atom. The Balaban J connectivity index is 1.39. The van der Waals surface area contributed by atoms with Gasteiger partial charge in [-0.1, -0.05) is 36.4 Å². The molecule has 0 heterocycles. The highest BCUT2D eigenvalue weighted by atomic mass is 32.2. The maximum atomic E-state index is 12.4. The van der Waals surface area contributed by atoms with Crippen molar-refractivity contribution in [1.29, 1.82) is 0 Å². The highest BCUT2D eigenvalue weighted by Gasteiger charge is 2.13. The smallest absolute Gasteiger partial charge is 0.261 e. The topological polar surface area (TPSA) is 148 Å². The van der Waals surface area contributed by atoms with Gasteiger partial charge in [-0.05, 0) is 54.9 Å². The molecule has 3 rings (SSSR count). The van der Waals surface area contributed by atoms with Crippen LogP contribution >= 0.6 is 0 Å². The summed E-state index contributed by atoms with van der Waals surface area (Å²) in [6.45, 7) is 0.855. The number of aliphatic hydroxyl groups is 1. The van der Waals surface area contributed by atoms with Gasteiger partial charge in [0.1, 0.15) is 18.5 Å². The first-order valence-corrected chi connectivity index (χ1v) is 13.5. The molecule has 0 aromatic heterocycles. The number of nitrogens with two attached hydrogens (primary N) is 1. The zero-order valence-corrected chi connectivity index (χ0v) is 19.9. The molecule has 0 fully saturated rings. The first kappa shape index (κ1) is 25.7. The van der Waals surface area contributed by atoms with Crippen LogP contribution in [-0.2, 0) is 26.5 Å². The van der Waals surface area contributed by atoms with Crippen LogP contribution in [0.4, 0.5) is 5.69 Å². The van der Waals surface area contributed by atoms with Crippen molar-refractivity contribution in [1.82, 2.24) is 5.32 Å². The van der Waals surface area contributed by atoms with Crippen LogP contribution in [0.25, 0.3) is 0 Å². The minimum atomic E-state index is -3.82. The zero-order valence-electron chi connectivity index (χ0n) is 18.3. The highest BCUT2D eigenvalue weighted by Crippen LogP contribution is 2.17. The molecule has 0 spiro atoms. The minimum Gasteiger partial charge on any atom is -0.491 e. The average Bonchev–Trinajstić information content (AvgIpc) is 2.81. The molecule has 0 aliphatic heterocycles. The van der Waals surface area contributed by atoms with Gasteiger partial charge in [0, 0.05) is 18.3 Å². The molecule has 0 radical (unpaired) electrons. The number of anilines is 1. The van der Waals surface area contributed by atoms with Gasteiger partial charge < -0.3 is 15.2 Å². The molecule has 34 heavy (non-hydrogen) atoms. The fourth-order valence-corrected chi connectivity index (χ4v) is 4.68. The Morgan fingerprint density at radius 3 is 2.24 bits per heavy atom. The molecule has 0 amide bonds. The van der Waals surface area contributed by atoms with Crippen molar-refractivity contribution in [2.75, 3.05) is 24.4 Å². The van der Waals surface area contributed by atoms with E-state index < -0.39 is 26.2 Å². The first-order valence-electron chi connectivity index (χ1n) is 10.4. The number of hydrogen-bond donors (Lipinski definition) is 4. The van der Waals surface area contributed by atoms with Gasteiger partial charge in [-0.15, -0.1) is 0 Å². The van der Waals surface area contributed by atoms with Gasteiger partial charge in [0.05, 0.1) is 9.79 Å². The van der Waals surface area contributed by atoms with Crippen molar-refractivity contribution >= 4 is 25.7 Å². The van der Waals surface area contributed by atoms with Gasteiger partial charge >= 0.3 is 0 Å². The van der Waals surface area contributed by atoms with Crippen LogP contribution in [0.1, 0.15) is 5.56 Å². The van der Waals surface area contributed by atoms with E-state index in [1.54, 1.807) is 36.4 Å². The predicted octanol–water partition coefficient (Wildman–Crippen LogP) is 1.71. The number of ether oxygens (including phenoxy) is 1. The van der Waals surface area contributed by atoms with E-state index in [4.69, 9.17) is 9.88 Å². The number of hydrogen-bond acceptors (Lipinski definition) is 7. The monoisotopic (exact) mass is 505 g/mol. The molecule has 3 aromatic rings. The first-order chi connectivity index (χ1) is 16.1. The van der Waals surface area contributed by atoms with Gasteiger partial charge in [-0.25, -0.2) is 22.0 Å². The molecule has 182 valence electrons. The number of sulfonamides is 2. The van der Waals surface area contributed by atoms with Crippen molar-refractivity contribution in [3.05, 3.63) is 84.4 Å². The summed E-state index contributed by atoms with van der Waals surface area (Å²) >= 11 is 0. The molecule has 1 unspecified atom stereocenters. The van der Waals surface area contributed by atoms with Crippen LogP contribution in [0.5, 0.6) is 5.75 Å². The molecular weight excluding hydrogens is 478 g/mol. The molecule has 0 saturated carbocycles. The second-order valence-electron chi connectivity index (χ2n) is 7.55. The fourth-order valence-electron chi connectivity index (χ4n) is 3.05. The normalized spacial score (nSPS) is 12.8.